The molecule has 0 amide bonds. The van der Waals surface area contributed by atoms with Gasteiger partial charge >= 0.3 is 0 Å². The van der Waals surface area contributed by atoms with Crippen molar-refractivity contribution in [1.82, 2.24) is 0 Å². The van der Waals surface area contributed by atoms with Crippen LogP contribution >= 0.6 is 0 Å². The minimum atomic E-state index is -1.26. The van der Waals surface area contributed by atoms with Gasteiger partial charge in [0.15, 0.2) is 6.29 Å². The van der Waals surface area contributed by atoms with Crippen LogP contribution in [0.3, 0.4) is 0 Å². The summed E-state index contributed by atoms with van der Waals surface area (Å²) in [6.45, 7) is -0.282. The fraction of sp³-hybridized carbons (Fsp3) is 1.00. The summed E-state index contributed by atoms with van der Waals surface area (Å²) in [5.74, 6) is 0. The molecule has 1 fully saturated rings. The summed E-state index contributed by atoms with van der Waals surface area (Å²) in [5.41, 5.74) is 5.33. The quantitative estimate of drug-likeness (QED) is 0.327. The fourth-order valence-electron chi connectivity index (χ4n) is 0.925. The van der Waals surface area contributed by atoms with Crippen LogP contribution < -0.4 is 5.73 Å². The van der Waals surface area contributed by atoms with Crippen LogP contribution in [-0.4, -0.2) is 46.5 Å². The molecule has 0 bridgehead atoms. The van der Waals surface area contributed by atoms with Gasteiger partial charge in [-0.15, -0.1) is 0 Å². The van der Waals surface area contributed by atoms with Gasteiger partial charge in [0.05, 0.1) is 12.6 Å². The van der Waals surface area contributed by atoms with Crippen LogP contribution in [0.25, 0.3) is 0 Å². The minimum Gasteiger partial charge on any atom is -0.394 e. The Bertz CT molecular complexity index is 120. The lowest BCUT2D eigenvalue weighted by Gasteiger charge is -2.10. The predicted octanol–water partition coefficient (Wildman–Crippen LogP) is -2.62. The van der Waals surface area contributed by atoms with Gasteiger partial charge in [0.1, 0.15) is 12.2 Å². The van der Waals surface area contributed by atoms with Crippen molar-refractivity contribution in [2.24, 2.45) is 5.73 Å². The van der Waals surface area contributed by atoms with Gasteiger partial charge in [-0.2, -0.15) is 0 Å². The van der Waals surface area contributed by atoms with Crippen molar-refractivity contribution < 1.29 is 20.1 Å². The molecule has 4 atom stereocenters. The highest BCUT2D eigenvalue weighted by molar-refractivity contribution is 4.88. The van der Waals surface area contributed by atoms with Crippen molar-refractivity contribution in [3.8, 4) is 0 Å². The lowest BCUT2D eigenvalue weighted by molar-refractivity contribution is -0.132. The van der Waals surface area contributed by atoms with Crippen molar-refractivity contribution in [2.45, 2.75) is 24.5 Å². The summed E-state index contributed by atoms with van der Waals surface area (Å²) >= 11 is 0. The standard InChI is InChI=1S/C5H11NO4/c6-3-2(1-7)10-5(9)4(3)8/h2-5,7-9H,1,6H2/t2-,3+,4?,5-/m1/s1. The van der Waals surface area contributed by atoms with Crippen LogP contribution in [-0.2, 0) is 4.74 Å². The third kappa shape index (κ3) is 1.14. The molecule has 5 nitrogen and oxygen atoms in total. The van der Waals surface area contributed by atoms with Gasteiger partial charge in [-0.1, -0.05) is 0 Å². The second-order valence-corrected chi connectivity index (χ2v) is 2.32. The molecule has 1 heterocycles. The predicted molar refractivity (Wildman–Crippen MR) is 31.9 cm³/mol. The SMILES string of the molecule is N[C@@H]1C(O)[C@H](O)O[C@@H]1CO. The van der Waals surface area contributed by atoms with E-state index in [-0.39, 0.29) is 6.61 Å². The van der Waals surface area contributed by atoms with E-state index in [0.717, 1.165) is 0 Å². The molecule has 0 saturated carbocycles. The van der Waals surface area contributed by atoms with Crippen molar-refractivity contribution >= 4 is 0 Å². The molecule has 0 aromatic carbocycles. The molecule has 0 aromatic heterocycles. The molecule has 0 aliphatic carbocycles. The summed E-state index contributed by atoms with van der Waals surface area (Å²) in [5, 5.41) is 26.3. The topological polar surface area (TPSA) is 95.9 Å². The van der Waals surface area contributed by atoms with E-state index in [1.165, 1.54) is 0 Å². The zero-order valence-corrected chi connectivity index (χ0v) is 5.34. The number of hydrogen-bond acceptors (Lipinski definition) is 5. The van der Waals surface area contributed by atoms with E-state index in [1.807, 2.05) is 0 Å². The Morgan fingerprint density at radius 1 is 1.40 bits per heavy atom. The van der Waals surface area contributed by atoms with Crippen LogP contribution in [0, 0.1) is 0 Å². The first-order valence-corrected chi connectivity index (χ1v) is 3.05. The van der Waals surface area contributed by atoms with E-state index in [4.69, 9.17) is 21.1 Å². The Morgan fingerprint density at radius 3 is 2.20 bits per heavy atom. The fourth-order valence-corrected chi connectivity index (χ4v) is 0.925. The van der Waals surface area contributed by atoms with E-state index >= 15 is 0 Å². The van der Waals surface area contributed by atoms with E-state index in [2.05, 4.69) is 4.74 Å². The van der Waals surface area contributed by atoms with Crippen molar-refractivity contribution in [2.75, 3.05) is 6.61 Å². The number of aliphatic hydroxyl groups excluding tert-OH is 3. The molecule has 5 heteroatoms. The Labute approximate surface area is 58.0 Å². The van der Waals surface area contributed by atoms with Gasteiger partial charge in [0.25, 0.3) is 0 Å². The van der Waals surface area contributed by atoms with Gasteiger partial charge in [-0.25, -0.2) is 0 Å². The maximum absolute atomic E-state index is 8.96. The Hall–Kier alpha value is -0.200. The highest BCUT2D eigenvalue weighted by Gasteiger charge is 2.39. The first-order valence-electron chi connectivity index (χ1n) is 3.05. The molecule has 1 unspecified atom stereocenters. The van der Waals surface area contributed by atoms with E-state index in [9.17, 15) is 0 Å². The third-order valence-corrected chi connectivity index (χ3v) is 1.61. The van der Waals surface area contributed by atoms with E-state index in [0.29, 0.717) is 0 Å². The second kappa shape index (κ2) is 2.81. The Kier molecular flexibility index (Phi) is 2.22. The molecule has 0 aromatic rings. The summed E-state index contributed by atoms with van der Waals surface area (Å²) in [4.78, 5) is 0. The first kappa shape index (κ1) is 7.90. The summed E-state index contributed by atoms with van der Waals surface area (Å²) in [6, 6.07) is -0.694. The molecular weight excluding hydrogens is 138 g/mol. The molecule has 10 heavy (non-hydrogen) atoms. The van der Waals surface area contributed by atoms with Crippen molar-refractivity contribution in [3.63, 3.8) is 0 Å². The van der Waals surface area contributed by atoms with Gasteiger partial charge in [0, 0.05) is 0 Å². The van der Waals surface area contributed by atoms with Crippen LogP contribution in [0.4, 0.5) is 0 Å². The normalized spacial score (nSPS) is 48.0. The second-order valence-electron chi connectivity index (χ2n) is 2.32. The largest absolute Gasteiger partial charge is 0.394 e. The lowest BCUT2D eigenvalue weighted by atomic mass is 10.1. The number of hydrogen-bond donors (Lipinski definition) is 4. The maximum Gasteiger partial charge on any atom is 0.182 e. The number of aliphatic hydroxyl groups is 3. The molecule has 1 rings (SSSR count). The molecule has 1 aliphatic rings. The molecule has 0 radical (unpaired) electrons. The van der Waals surface area contributed by atoms with Gasteiger partial charge in [-0.3, -0.25) is 0 Å². The minimum absolute atomic E-state index is 0.282. The van der Waals surface area contributed by atoms with Gasteiger partial charge < -0.3 is 25.8 Å². The van der Waals surface area contributed by atoms with Crippen molar-refractivity contribution in [3.05, 3.63) is 0 Å². The zero-order chi connectivity index (χ0) is 7.72. The van der Waals surface area contributed by atoms with Gasteiger partial charge in [-0.05, 0) is 0 Å². The highest BCUT2D eigenvalue weighted by atomic mass is 16.6. The average Bonchev–Trinajstić information content (AvgIpc) is 2.17. The molecule has 0 spiro atoms. The Morgan fingerprint density at radius 2 is 2.00 bits per heavy atom. The van der Waals surface area contributed by atoms with Crippen molar-refractivity contribution in [1.29, 1.82) is 0 Å². The highest BCUT2D eigenvalue weighted by Crippen LogP contribution is 2.16. The lowest BCUT2D eigenvalue weighted by Crippen LogP contribution is -2.41. The third-order valence-electron chi connectivity index (χ3n) is 1.61. The van der Waals surface area contributed by atoms with Crippen LogP contribution in [0.1, 0.15) is 0 Å². The molecule has 5 N–H and O–H groups in total. The van der Waals surface area contributed by atoms with Crippen LogP contribution in [0.2, 0.25) is 0 Å². The van der Waals surface area contributed by atoms with Crippen LogP contribution in [0.5, 0.6) is 0 Å². The Balaban J connectivity index is 2.53. The van der Waals surface area contributed by atoms with E-state index in [1.54, 1.807) is 0 Å². The summed E-state index contributed by atoms with van der Waals surface area (Å²) < 4.78 is 4.67. The van der Waals surface area contributed by atoms with Crippen LogP contribution in [0.15, 0.2) is 0 Å². The zero-order valence-electron chi connectivity index (χ0n) is 5.34. The monoisotopic (exact) mass is 149 g/mol. The maximum atomic E-state index is 8.96. The van der Waals surface area contributed by atoms with Gasteiger partial charge in [0.2, 0.25) is 0 Å². The molecule has 1 aliphatic heterocycles. The first-order chi connectivity index (χ1) is 4.66. The molecule has 1 saturated heterocycles. The average molecular weight is 149 g/mol. The number of rotatable bonds is 1. The van der Waals surface area contributed by atoms with E-state index < -0.39 is 24.5 Å². The summed E-state index contributed by atoms with van der Waals surface area (Å²) in [6.07, 6.45) is -2.99. The summed E-state index contributed by atoms with van der Waals surface area (Å²) in [7, 11) is 0. The smallest absolute Gasteiger partial charge is 0.182 e. The molecular formula is C5H11NO4. The molecule has 60 valence electrons. The number of ether oxygens (including phenoxy) is 1. The number of nitrogens with two attached hydrogens (primary N) is 1.